The number of benzene rings is 1. The number of carbonyl (C=O) groups is 3. The first-order valence-corrected chi connectivity index (χ1v) is 13.2. The van der Waals surface area contributed by atoms with Gasteiger partial charge in [0, 0.05) is 25.4 Å². The lowest BCUT2D eigenvalue weighted by atomic mass is 9.85. The molecule has 0 aliphatic carbocycles. The van der Waals surface area contributed by atoms with Crippen LogP contribution in [-0.2, 0) is 20.9 Å². The van der Waals surface area contributed by atoms with Crippen molar-refractivity contribution in [3.63, 3.8) is 0 Å². The largest absolute Gasteiger partial charge is 0.391 e. The molecule has 0 spiro atoms. The Hall–Kier alpha value is -2.78. The summed E-state index contributed by atoms with van der Waals surface area (Å²) in [6.45, 7) is 13.5. The van der Waals surface area contributed by atoms with Gasteiger partial charge < -0.3 is 20.6 Å². The number of hydrogen-bond donors (Lipinski definition) is 3. The minimum Gasteiger partial charge on any atom is -0.391 e. The van der Waals surface area contributed by atoms with E-state index in [4.69, 9.17) is 0 Å². The Balaban J connectivity index is 1.68. The van der Waals surface area contributed by atoms with Crippen LogP contribution < -0.4 is 10.6 Å². The van der Waals surface area contributed by atoms with Gasteiger partial charge in [0.15, 0.2) is 0 Å². The van der Waals surface area contributed by atoms with Crippen molar-refractivity contribution >= 4 is 29.1 Å². The van der Waals surface area contributed by atoms with Gasteiger partial charge in [0.25, 0.3) is 0 Å². The van der Waals surface area contributed by atoms with Gasteiger partial charge in [-0.15, -0.1) is 11.3 Å². The predicted octanol–water partition coefficient (Wildman–Crippen LogP) is 3.19. The molecular weight excluding hydrogens is 476 g/mol. The highest BCUT2D eigenvalue weighted by Crippen LogP contribution is 2.30. The van der Waals surface area contributed by atoms with Crippen LogP contribution in [0.25, 0.3) is 10.4 Å². The molecule has 0 radical (unpaired) electrons. The highest BCUT2D eigenvalue weighted by Gasteiger charge is 2.44. The van der Waals surface area contributed by atoms with Crippen molar-refractivity contribution in [2.24, 2.45) is 11.3 Å². The van der Waals surface area contributed by atoms with Crippen LogP contribution in [0.3, 0.4) is 0 Å². The fourth-order valence-corrected chi connectivity index (χ4v) is 5.23. The van der Waals surface area contributed by atoms with Crippen molar-refractivity contribution in [1.82, 2.24) is 20.5 Å². The monoisotopic (exact) mass is 514 g/mol. The van der Waals surface area contributed by atoms with E-state index < -0.39 is 23.6 Å². The minimum atomic E-state index is -0.806. The molecule has 1 unspecified atom stereocenters. The first kappa shape index (κ1) is 27.8. The van der Waals surface area contributed by atoms with Gasteiger partial charge in [-0.25, -0.2) is 4.98 Å². The molecule has 2 aromatic rings. The van der Waals surface area contributed by atoms with Crippen LogP contribution in [0.4, 0.5) is 0 Å². The number of thiazole rings is 1. The standard InChI is InChI=1S/C27H38N4O4S/c1-15(2)24(33)30-23(27(5,6)7)26(35)31-14-20(32)12-21(31)25(34)28-13-18-8-10-19(11-9-18)22-16(3)29-17(4)36-22/h8-11,15,20-21,23,32H,12-14H2,1-7H3,(H,28,34)(H,30,33)/t20-,21+,23?/m1/s1. The van der Waals surface area contributed by atoms with E-state index >= 15 is 0 Å². The Morgan fingerprint density at radius 2 is 1.81 bits per heavy atom. The van der Waals surface area contributed by atoms with Crippen molar-refractivity contribution in [2.75, 3.05) is 6.54 Å². The molecule has 1 aromatic carbocycles. The summed E-state index contributed by atoms with van der Waals surface area (Å²) in [6.07, 6.45) is -0.633. The van der Waals surface area contributed by atoms with Gasteiger partial charge in [-0.3, -0.25) is 14.4 Å². The number of aliphatic hydroxyl groups is 1. The molecule has 36 heavy (non-hydrogen) atoms. The molecule has 9 heteroatoms. The zero-order valence-corrected chi connectivity index (χ0v) is 23.0. The molecule has 0 bridgehead atoms. The van der Waals surface area contributed by atoms with Crippen molar-refractivity contribution in [1.29, 1.82) is 0 Å². The molecule has 1 aliphatic rings. The zero-order chi connectivity index (χ0) is 26.8. The Morgan fingerprint density at radius 3 is 2.33 bits per heavy atom. The van der Waals surface area contributed by atoms with Crippen LogP contribution in [-0.4, -0.2) is 57.4 Å². The van der Waals surface area contributed by atoms with Crippen molar-refractivity contribution < 1.29 is 19.5 Å². The molecule has 1 saturated heterocycles. The summed E-state index contributed by atoms with van der Waals surface area (Å²) in [4.78, 5) is 46.0. The molecule has 1 aliphatic heterocycles. The molecule has 196 valence electrons. The second-order valence-corrected chi connectivity index (χ2v) is 12.1. The fraction of sp³-hybridized carbons (Fsp3) is 0.556. The molecule has 0 saturated carbocycles. The molecule has 3 amide bonds. The van der Waals surface area contributed by atoms with E-state index in [0.29, 0.717) is 6.54 Å². The van der Waals surface area contributed by atoms with E-state index in [1.54, 1.807) is 25.2 Å². The van der Waals surface area contributed by atoms with Crippen molar-refractivity contribution in [2.45, 2.75) is 79.6 Å². The summed E-state index contributed by atoms with van der Waals surface area (Å²) in [5.74, 6) is -1.18. The van der Waals surface area contributed by atoms with Gasteiger partial charge in [0.05, 0.1) is 21.7 Å². The van der Waals surface area contributed by atoms with Crippen molar-refractivity contribution in [3.8, 4) is 10.4 Å². The van der Waals surface area contributed by atoms with Crippen LogP contribution in [0.2, 0.25) is 0 Å². The first-order valence-electron chi connectivity index (χ1n) is 12.4. The van der Waals surface area contributed by atoms with Gasteiger partial charge >= 0.3 is 0 Å². The number of rotatable bonds is 7. The third-order valence-electron chi connectivity index (χ3n) is 6.38. The third-order valence-corrected chi connectivity index (χ3v) is 7.50. The number of hydrogen-bond acceptors (Lipinski definition) is 6. The molecule has 1 aromatic heterocycles. The van der Waals surface area contributed by atoms with E-state index in [-0.39, 0.29) is 36.6 Å². The number of amides is 3. The number of nitrogens with zero attached hydrogens (tertiary/aromatic N) is 2. The summed E-state index contributed by atoms with van der Waals surface area (Å²) < 4.78 is 0. The maximum Gasteiger partial charge on any atom is 0.246 e. The topological polar surface area (TPSA) is 112 Å². The summed E-state index contributed by atoms with van der Waals surface area (Å²) in [5, 5.41) is 17.1. The van der Waals surface area contributed by atoms with Gasteiger partial charge in [-0.2, -0.15) is 0 Å². The number of aryl methyl sites for hydroxylation is 2. The summed E-state index contributed by atoms with van der Waals surface area (Å²) in [5.41, 5.74) is 2.45. The van der Waals surface area contributed by atoms with Gasteiger partial charge in [0.2, 0.25) is 17.7 Å². The summed E-state index contributed by atoms with van der Waals surface area (Å²) in [7, 11) is 0. The number of aromatic nitrogens is 1. The molecule has 3 atom stereocenters. The number of β-amino-alcohol motifs (C(OH)–C–C–N with tert-alkyl or cyclic N) is 1. The smallest absolute Gasteiger partial charge is 0.246 e. The predicted molar refractivity (Wildman–Crippen MR) is 141 cm³/mol. The van der Waals surface area contributed by atoms with E-state index in [1.807, 2.05) is 58.9 Å². The number of nitrogens with one attached hydrogen (secondary N) is 2. The van der Waals surface area contributed by atoms with Gasteiger partial charge in [0.1, 0.15) is 12.1 Å². The number of carbonyl (C=O) groups excluding carboxylic acids is 3. The van der Waals surface area contributed by atoms with Crippen LogP contribution in [0.5, 0.6) is 0 Å². The van der Waals surface area contributed by atoms with Crippen LogP contribution in [0.1, 0.15) is 57.3 Å². The Bertz CT molecular complexity index is 1100. The summed E-state index contributed by atoms with van der Waals surface area (Å²) in [6, 6.07) is 6.36. The lowest BCUT2D eigenvalue weighted by Crippen LogP contribution is -2.58. The van der Waals surface area contributed by atoms with Crippen LogP contribution in [0.15, 0.2) is 24.3 Å². The second kappa shape index (κ2) is 11.1. The summed E-state index contributed by atoms with van der Waals surface area (Å²) >= 11 is 1.65. The minimum absolute atomic E-state index is 0.0589. The maximum atomic E-state index is 13.5. The number of aliphatic hydroxyl groups excluding tert-OH is 1. The molecule has 3 rings (SSSR count). The first-order chi connectivity index (χ1) is 16.8. The van der Waals surface area contributed by atoms with Gasteiger partial charge in [-0.1, -0.05) is 58.9 Å². The second-order valence-electron chi connectivity index (χ2n) is 10.9. The zero-order valence-electron chi connectivity index (χ0n) is 22.2. The maximum absolute atomic E-state index is 13.5. The third kappa shape index (κ3) is 6.50. The Kier molecular flexibility index (Phi) is 8.56. The van der Waals surface area contributed by atoms with Gasteiger partial charge in [-0.05, 0) is 30.4 Å². The highest BCUT2D eigenvalue weighted by atomic mass is 32.1. The average Bonchev–Trinajstić information content (AvgIpc) is 3.35. The lowest BCUT2D eigenvalue weighted by Gasteiger charge is -2.35. The number of likely N-dealkylation sites (tertiary alicyclic amines) is 1. The SMILES string of the molecule is Cc1nc(C)c(-c2ccc(CNC(=O)[C@@H]3C[C@@H](O)CN3C(=O)C(NC(=O)C(C)C)C(C)(C)C)cc2)s1. The highest BCUT2D eigenvalue weighted by molar-refractivity contribution is 7.15. The molecule has 1 fully saturated rings. The van der Waals surface area contributed by atoms with E-state index in [1.165, 1.54) is 4.90 Å². The van der Waals surface area contributed by atoms with Crippen LogP contribution in [0, 0.1) is 25.2 Å². The van der Waals surface area contributed by atoms with E-state index in [9.17, 15) is 19.5 Å². The lowest BCUT2D eigenvalue weighted by molar-refractivity contribution is -0.144. The Labute approximate surface area is 217 Å². The van der Waals surface area contributed by atoms with E-state index in [2.05, 4.69) is 15.6 Å². The molecule has 3 N–H and O–H groups in total. The molecule has 2 heterocycles. The quantitative estimate of drug-likeness (QED) is 0.525. The average molecular weight is 515 g/mol. The van der Waals surface area contributed by atoms with Crippen molar-refractivity contribution in [3.05, 3.63) is 40.5 Å². The normalized spacial score (nSPS) is 18.9. The molecular formula is C27H38N4O4S. The Morgan fingerprint density at radius 1 is 1.17 bits per heavy atom. The van der Waals surface area contributed by atoms with E-state index in [0.717, 1.165) is 26.7 Å². The van der Waals surface area contributed by atoms with Crippen LogP contribution >= 0.6 is 11.3 Å². The fourth-order valence-electron chi connectivity index (χ4n) is 4.31. The molecule has 8 nitrogen and oxygen atoms in total.